The van der Waals surface area contributed by atoms with E-state index in [0.717, 1.165) is 32.5 Å². The SMILES string of the molecule is CCC(N=C=O)C1CCOCC1. The Morgan fingerprint density at radius 2 is 2.25 bits per heavy atom. The van der Waals surface area contributed by atoms with E-state index in [1.807, 2.05) is 0 Å². The number of rotatable bonds is 3. The van der Waals surface area contributed by atoms with Crippen LogP contribution in [0.25, 0.3) is 0 Å². The summed E-state index contributed by atoms with van der Waals surface area (Å²) in [5.41, 5.74) is 0. The van der Waals surface area contributed by atoms with Crippen LogP contribution < -0.4 is 0 Å². The largest absolute Gasteiger partial charge is 0.381 e. The fourth-order valence-electron chi connectivity index (χ4n) is 1.70. The van der Waals surface area contributed by atoms with Crippen LogP contribution in [0.15, 0.2) is 4.99 Å². The molecule has 0 aromatic heterocycles. The molecule has 1 fully saturated rings. The lowest BCUT2D eigenvalue weighted by Gasteiger charge is -2.25. The molecular formula is C9H15NO2. The van der Waals surface area contributed by atoms with Gasteiger partial charge in [0.05, 0.1) is 6.04 Å². The Hall–Kier alpha value is -0.660. The summed E-state index contributed by atoms with van der Waals surface area (Å²) in [7, 11) is 0. The summed E-state index contributed by atoms with van der Waals surface area (Å²) in [5, 5.41) is 0. The number of carbonyl (C=O) groups excluding carboxylic acids is 1. The molecule has 0 N–H and O–H groups in total. The third-order valence-corrected chi connectivity index (χ3v) is 2.45. The topological polar surface area (TPSA) is 38.7 Å². The average molecular weight is 169 g/mol. The molecule has 3 heteroatoms. The zero-order valence-electron chi connectivity index (χ0n) is 7.45. The second-order valence-corrected chi connectivity index (χ2v) is 3.15. The van der Waals surface area contributed by atoms with Crippen LogP contribution in [0.5, 0.6) is 0 Å². The Morgan fingerprint density at radius 1 is 1.58 bits per heavy atom. The van der Waals surface area contributed by atoms with Crippen molar-refractivity contribution in [1.82, 2.24) is 0 Å². The lowest BCUT2D eigenvalue weighted by molar-refractivity contribution is 0.0583. The van der Waals surface area contributed by atoms with Gasteiger partial charge in [0.2, 0.25) is 6.08 Å². The molecule has 1 rings (SSSR count). The van der Waals surface area contributed by atoms with Crippen molar-refractivity contribution >= 4 is 6.08 Å². The first-order chi connectivity index (χ1) is 5.88. The van der Waals surface area contributed by atoms with Crippen molar-refractivity contribution in [3.63, 3.8) is 0 Å². The van der Waals surface area contributed by atoms with Gasteiger partial charge in [-0.3, -0.25) is 0 Å². The molecule has 0 aliphatic carbocycles. The molecule has 1 saturated heterocycles. The van der Waals surface area contributed by atoms with E-state index in [0.29, 0.717) is 5.92 Å². The van der Waals surface area contributed by atoms with Crippen molar-refractivity contribution in [2.45, 2.75) is 32.2 Å². The van der Waals surface area contributed by atoms with Crippen LogP contribution in [0.4, 0.5) is 0 Å². The van der Waals surface area contributed by atoms with Crippen molar-refractivity contribution in [3.05, 3.63) is 0 Å². The third-order valence-electron chi connectivity index (χ3n) is 2.45. The summed E-state index contributed by atoms with van der Waals surface area (Å²) in [6.45, 7) is 3.69. The maximum atomic E-state index is 10.1. The number of ether oxygens (including phenoxy) is 1. The summed E-state index contributed by atoms with van der Waals surface area (Å²) in [6.07, 6.45) is 4.64. The van der Waals surface area contributed by atoms with Gasteiger partial charge in [0.1, 0.15) is 0 Å². The molecule has 1 atom stereocenters. The molecule has 1 aliphatic rings. The monoisotopic (exact) mass is 169 g/mol. The van der Waals surface area contributed by atoms with E-state index in [4.69, 9.17) is 4.74 Å². The zero-order valence-corrected chi connectivity index (χ0v) is 7.45. The van der Waals surface area contributed by atoms with Crippen molar-refractivity contribution in [2.24, 2.45) is 10.9 Å². The highest BCUT2D eigenvalue weighted by Crippen LogP contribution is 2.22. The molecular weight excluding hydrogens is 154 g/mol. The van der Waals surface area contributed by atoms with Gasteiger partial charge in [0.25, 0.3) is 0 Å². The fraction of sp³-hybridized carbons (Fsp3) is 0.889. The molecule has 0 aromatic rings. The summed E-state index contributed by atoms with van der Waals surface area (Å²) in [4.78, 5) is 13.9. The average Bonchev–Trinajstić information content (AvgIpc) is 2.15. The number of aliphatic imine (C=N–C) groups is 1. The second kappa shape index (κ2) is 5.07. The van der Waals surface area contributed by atoms with Crippen LogP contribution in [0.3, 0.4) is 0 Å². The molecule has 1 heterocycles. The Morgan fingerprint density at radius 3 is 2.75 bits per heavy atom. The first-order valence-corrected chi connectivity index (χ1v) is 4.53. The molecule has 1 aliphatic heterocycles. The molecule has 0 bridgehead atoms. The molecule has 0 saturated carbocycles. The van der Waals surface area contributed by atoms with Gasteiger partial charge in [-0.2, -0.15) is 0 Å². The molecule has 68 valence electrons. The van der Waals surface area contributed by atoms with Crippen molar-refractivity contribution < 1.29 is 9.53 Å². The van der Waals surface area contributed by atoms with Gasteiger partial charge in [-0.05, 0) is 25.2 Å². The molecule has 0 radical (unpaired) electrons. The molecule has 0 spiro atoms. The number of nitrogens with zero attached hydrogens (tertiary/aromatic N) is 1. The van der Waals surface area contributed by atoms with Crippen LogP contribution in [0.1, 0.15) is 26.2 Å². The predicted molar refractivity (Wildman–Crippen MR) is 45.7 cm³/mol. The molecule has 1 unspecified atom stereocenters. The summed E-state index contributed by atoms with van der Waals surface area (Å²) in [6, 6.07) is 0.173. The normalized spacial score (nSPS) is 21.4. The molecule has 0 aromatic carbocycles. The van der Waals surface area contributed by atoms with E-state index in [-0.39, 0.29) is 6.04 Å². The van der Waals surface area contributed by atoms with Gasteiger partial charge in [-0.15, -0.1) is 0 Å². The standard InChI is InChI=1S/C9H15NO2/c1-2-9(10-7-11)8-3-5-12-6-4-8/h8-9H,2-6H2,1H3. The van der Waals surface area contributed by atoms with Gasteiger partial charge < -0.3 is 4.74 Å². The number of isocyanates is 1. The van der Waals surface area contributed by atoms with Crippen LogP contribution in [-0.4, -0.2) is 25.3 Å². The van der Waals surface area contributed by atoms with E-state index < -0.39 is 0 Å². The summed E-state index contributed by atoms with van der Waals surface area (Å²) in [5.74, 6) is 0.533. The van der Waals surface area contributed by atoms with Crippen molar-refractivity contribution in [3.8, 4) is 0 Å². The lowest BCUT2D eigenvalue weighted by atomic mass is 9.91. The fourth-order valence-corrected chi connectivity index (χ4v) is 1.70. The first-order valence-electron chi connectivity index (χ1n) is 4.53. The highest BCUT2D eigenvalue weighted by molar-refractivity contribution is 5.33. The molecule has 3 nitrogen and oxygen atoms in total. The van der Waals surface area contributed by atoms with Gasteiger partial charge in [-0.25, -0.2) is 9.79 Å². The quantitative estimate of drug-likeness (QED) is 0.474. The maximum absolute atomic E-state index is 10.1. The first kappa shape index (κ1) is 9.43. The van der Waals surface area contributed by atoms with E-state index in [1.165, 1.54) is 0 Å². The molecule has 0 amide bonds. The minimum absolute atomic E-state index is 0.173. The smallest absolute Gasteiger partial charge is 0.235 e. The van der Waals surface area contributed by atoms with E-state index in [2.05, 4.69) is 11.9 Å². The van der Waals surface area contributed by atoms with Gasteiger partial charge in [0, 0.05) is 13.2 Å². The highest BCUT2D eigenvalue weighted by Gasteiger charge is 2.21. The van der Waals surface area contributed by atoms with E-state index in [1.54, 1.807) is 6.08 Å². The Labute approximate surface area is 72.8 Å². The Bertz CT molecular complexity index is 169. The Balaban J connectivity index is 2.45. The minimum atomic E-state index is 0.173. The Kier molecular flexibility index (Phi) is 3.98. The number of hydrogen-bond acceptors (Lipinski definition) is 3. The second-order valence-electron chi connectivity index (χ2n) is 3.15. The van der Waals surface area contributed by atoms with Gasteiger partial charge >= 0.3 is 0 Å². The van der Waals surface area contributed by atoms with Crippen LogP contribution in [0, 0.1) is 5.92 Å². The lowest BCUT2D eigenvalue weighted by Crippen LogP contribution is -2.25. The maximum Gasteiger partial charge on any atom is 0.235 e. The zero-order chi connectivity index (χ0) is 8.81. The summed E-state index contributed by atoms with van der Waals surface area (Å²) >= 11 is 0. The highest BCUT2D eigenvalue weighted by atomic mass is 16.5. The predicted octanol–water partition coefficient (Wildman–Crippen LogP) is 1.53. The van der Waals surface area contributed by atoms with Crippen molar-refractivity contribution in [1.29, 1.82) is 0 Å². The number of hydrogen-bond donors (Lipinski definition) is 0. The molecule has 12 heavy (non-hydrogen) atoms. The van der Waals surface area contributed by atoms with Crippen LogP contribution in [-0.2, 0) is 9.53 Å². The van der Waals surface area contributed by atoms with Gasteiger partial charge in [0.15, 0.2) is 0 Å². The third kappa shape index (κ3) is 2.43. The van der Waals surface area contributed by atoms with Crippen LogP contribution in [0.2, 0.25) is 0 Å². The van der Waals surface area contributed by atoms with E-state index >= 15 is 0 Å². The summed E-state index contributed by atoms with van der Waals surface area (Å²) < 4.78 is 5.23. The van der Waals surface area contributed by atoms with E-state index in [9.17, 15) is 4.79 Å². The van der Waals surface area contributed by atoms with Crippen molar-refractivity contribution in [2.75, 3.05) is 13.2 Å². The minimum Gasteiger partial charge on any atom is -0.381 e. The van der Waals surface area contributed by atoms with Crippen LogP contribution >= 0.6 is 0 Å². The van der Waals surface area contributed by atoms with Gasteiger partial charge in [-0.1, -0.05) is 6.92 Å².